The molecule has 0 amide bonds. The molecule has 5 heteroatoms. The van der Waals surface area contributed by atoms with Crippen molar-refractivity contribution in [3.8, 4) is 5.75 Å². The summed E-state index contributed by atoms with van der Waals surface area (Å²) >= 11 is 0. The van der Waals surface area contributed by atoms with Crippen LogP contribution in [0.4, 0.5) is 0 Å². The van der Waals surface area contributed by atoms with E-state index in [0.29, 0.717) is 0 Å². The van der Waals surface area contributed by atoms with E-state index in [4.69, 9.17) is 9.26 Å². The Bertz CT molecular complexity index is 370. The van der Waals surface area contributed by atoms with Crippen LogP contribution in [0, 0.1) is 0 Å². The van der Waals surface area contributed by atoms with Crippen LogP contribution in [0.1, 0.15) is 20.8 Å². The van der Waals surface area contributed by atoms with E-state index in [-0.39, 0.29) is 18.1 Å². The van der Waals surface area contributed by atoms with Crippen LogP contribution in [0.3, 0.4) is 0 Å². The number of para-hydroxylation sites is 1. The quantitative estimate of drug-likeness (QED) is 0.637. The molecule has 1 aromatic rings. The van der Waals surface area contributed by atoms with Crippen LogP contribution < -0.4 is 9.61 Å². The van der Waals surface area contributed by atoms with Gasteiger partial charge in [-0.25, -0.2) is 0 Å². The van der Waals surface area contributed by atoms with Crippen LogP contribution in [0.5, 0.6) is 5.75 Å². The van der Waals surface area contributed by atoms with Crippen molar-refractivity contribution in [3.63, 3.8) is 0 Å². The minimum atomic E-state index is -0.905. The zero-order valence-corrected chi connectivity index (χ0v) is 12.1. The lowest BCUT2D eigenvalue weighted by Gasteiger charge is -2.20. The number of carbonyl (C=O) groups excluding carboxylic acids is 1. The van der Waals surface area contributed by atoms with Gasteiger partial charge in [0.05, 0.1) is 6.10 Å². The average molecular weight is 269 g/mol. The first-order valence-electron chi connectivity index (χ1n) is 5.92. The lowest BCUT2D eigenvalue weighted by Crippen LogP contribution is -2.34. The minimum absolute atomic E-state index is 0.0973. The Kier molecular flexibility index (Phi) is 6.10. The molecule has 0 aliphatic rings. The van der Waals surface area contributed by atoms with Gasteiger partial charge in [-0.3, -0.25) is 9.88 Å². The first kappa shape index (κ1) is 14.9. The molecule has 0 radical (unpaired) electrons. The van der Waals surface area contributed by atoms with E-state index in [0.717, 1.165) is 5.75 Å². The largest absolute Gasteiger partial charge is 0.462 e. The molecule has 0 heterocycles. The van der Waals surface area contributed by atoms with E-state index >= 15 is 0 Å². The van der Waals surface area contributed by atoms with Gasteiger partial charge in [-0.15, -0.1) is 0 Å². The third-order valence-corrected chi connectivity index (χ3v) is 3.30. The van der Waals surface area contributed by atoms with Gasteiger partial charge in [-0.2, -0.15) is 0 Å². The summed E-state index contributed by atoms with van der Waals surface area (Å²) in [6.45, 7) is 7.36. The highest BCUT2D eigenvalue weighted by atomic mass is 31.2. The predicted molar refractivity (Wildman–Crippen MR) is 73.7 cm³/mol. The van der Waals surface area contributed by atoms with Crippen LogP contribution in [0.25, 0.3) is 0 Å². The van der Waals surface area contributed by atoms with Crippen LogP contribution in [0.2, 0.25) is 0 Å². The molecule has 2 atom stereocenters. The first-order chi connectivity index (χ1) is 8.49. The van der Waals surface area contributed by atoms with E-state index in [2.05, 4.69) is 5.09 Å². The summed E-state index contributed by atoms with van der Waals surface area (Å²) in [7, 11) is -0.905. The Morgan fingerprint density at radius 3 is 2.39 bits per heavy atom. The molecule has 0 aromatic heterocycles. The van der Waals surface area contributed by atoms with E-state index < -0.39 is 8.30 Å². The molecule has 4 nitrogen and oxygen atoms in total. The monoisotopic (exact) mass is 269 g/mol. The molecule has 0 bridgehead atoms. The second-order valence-electron chi connectivity index (χ2n) is 4.24. The number of rotatable bonds is 6. The van der Waals surface area contributed by atoms with E-state index in [1.54, 1.807) is 6.92 Å². The molecular weight excluding hydrogens is 249 g/mol. The molecule has 2 unspecified atom stereocenters. The van der Waals surface area contributed by atoms with E-state index in [1.165, 1.54) is 0 Å². The summed E-state index contributed by atoms with van der Waals surface area (Å²) in [5, 5.41) is 3.10. The van der Waals surface area contributed by atoms with Gasteiger partial charge in [0.25, 0.3) is 0 Å². The topological polar surface area (TPSA) is 47.6 Å². The number of nitrogens with one attached hydrogen (secondary N) is 1. The van der Waals surface area contributed by atoms with Gasteiger partial charge < -0.3 is 9.26 Å². The smallest absolute Gasteiger partial charge is 0.323 e. The van der Waals surface area contributed by atoms with Crippen LogP contribution in [-0.2, 0) is 9.53 Å². The maximum atomic E-state index is 11.6. The molecule has 0 aliphatic heterocycles. The van der Waals surface area contributed by atoms with Crippen molar-refractivity contribution in [1.82, 2.24) is 5.09 Å². The maximum Gasteiger partial charge on any atom is 0.323 e. The second kappa shape index (κ2) is 7.34. The Labute approximate surface area is 110 Å². The molecule has 100 valence electrons. The summed E-state index contributed by atoms with van der Waals surface area (Å²) in [6.07, 6.45) is -0.0973. The van der Waals surface area contributed by atoms with Crippen molar-refractivity contribution in [3.05, 3.63) is 30.3 Å². The molecule has 1 aromatic carbocycles. The molecule has 1 N–H and O–H groups in total. The Morgan fingerprint density at radius 2 is 1.83 bits per heavy atom. The van der Waals surface area contributed by atoms with Gasteiger partial charge in [0, 0.05) is 6.66 Å². The van der Waals surface area contributed by atoms with Crippen molar-refractivity contribution >= 4 is 14.3 Å². The number of ether oxygens (including phenoxy) is 1. The van der Waals surface area contributed by atoms with E-state index in [9.17, 15) is 4.79 Å². The summed E-state index contributed by atoms with van der Waals surface area (Å²) in [5.74, 6) is 0.541. The van der Waals surface area contributed by atoms with E-state index in [1.807, 2.05) is 50.8 Å². The average Bonchev–Trinajstić information content (AvgIpc) is 2.29. The number of hydrogen-bond acceptors (Lipinski definition) is 4. The molecule has 18 heavy (non-hydrogen) atoms. The minimum Gasteiger partial charge on any atom is -0.462 e. The highest BCUT2D eigenvalue weighted by Gasteiger charge is 2.18. The second-order valence-corrected chi connectivity index (χ2v) is 5.67. The summed E-state index contributed by atoms with van der Waals surface area (Å²) in [6, 6.07) is 9.16. The lowest BCUT2D eigenvalue weighted by atomic mass is 10.3. The van der Waals surface area contributed by atoms with Gasteiger partial charge in [0.1, 0.15) is 11.8 Å². The first-order valence-corrected chi connectivity index (χ1v) is 7.63. The van der Waals surface area contributed by atoms with Crippen LogP contribution in [0.15, 0.2) is 30.3 Å². The van der Waals surface area contributed by atoms with Crippen molar-refractivity contribution in [2.24, 2.45) is 0 Å². The maximum absolute atomic E-state index is 11.6. The molecule has 0 spiro atoms. The molecule has 0 saturated heterocycles. The van der Waals surface area contributed by atoms with Gasteiger partial charge in [0.2, 0.25) is 0 Å². The standard InChI is InChI=1S/C13H20NO3P/c1-10(2)16-13(15)11(3)14-18(4)17-12-8-6-5-7-9-12/h5-11,14H,1-4H3. The summed E-state index contributed by atoms with van der Waals surface area (Å²) < 4.78 is 10.8. The fourth-order valence-corrected chi connectivity index (χ4v) is 2.47. The highest BCUT2D eigenvalue weighted by Crippen LogP contribution is 2.30. The summed E-state index contributed by atoms with van der Waals surface area (Å²) in [4.78, 5) is 11.6. The Hall–Kier alpha value is -1.12. The van der Waals surface area contributed by atoms with Crippen molar-refractivity contribution < 1.29 is 14.1 Å². The normalized spacial score (nSPS) is 14.1. The molecule has 1 rings (SSSR count). The van der Waals surface area contributed by atoms with Crippen molar-refractivity contribution in [2.75, 3.05) is 6.66 Å². The fourth-order valence-electron chi connectivity index (χ4n) is 1.33. The zero-order valence-electron chi connectivity index (χ0n) is 11.2. The van der Waals surface area contributed by atoms with Crippen LogP contribution in [-0.4, -0.2) is 24.8 Å². The Balaban J connectivity index is 2.40. The highest BCUT2D eigenvalue weighted by molar-refractivity contribution is 7.49. The number of benzene rings is 1. The molecular formula is C13H20NO3P. The van der Waals surface area contributed by atoms with Crippen LogP contribution >= 0.6 is 8.30 Å². The third kappa shape index (κ3) is 5.48. The lowest BCUT2D eigenvalue weighted by molar-refractivity contribution is -0.148. The Morgan fingerprint density at radius 1 is 1.22 bits per heavy atom. The molecule has 0 saturated carbocycles. The predicted octanol–water partition coefficient (Wildman–Crippen LogP) is 2.94. The molecule has 0 fully saturated rings. The third-order valence-electron chi connectivity index (χ3n) is 2.07. The van der Waals surface area contributed by atoms with Crippen molar-refractivity contribution in [2.45, 2.75) is 32.9 Å². The van der Waals surface area contributed by atoms with Gasteiger partial charge in [-0.05, 0) is 32.9 Å². The van der Waals surface area contributed by atoms with Gasteiger partial charge >= 0.3 is 5.97 Å². The number of esters is 1. The molecule has 0 aliphatic carbocycles. The van der Waals surface area contributed by atoms with Crippen molar-refractivity contribution in [1.29, 1.82) is 0 Å². The zero-order chi connectivity index (χ0) is 13.5. The SMILES string of the molecule is CC(C)OC(=O)C(C)NP(C)Oc1ccccc1. The van der Waals surface area contributed by atoms with Gasteiger partial charge in [0.15, 0.2) is 8.30 Å². The fraction of sp³-hybridized carbons (Fsp3) is 0.462. The number of hydrogen-bond donors (Lipinski definition) is 1. The van der Waals surface area contributed by atoms with Gasteiger partial charge in [-0.1, -0.05) is 18.2 Å². The summed E-state index contributed by atoms with van der Waals surface area (Å²) in [5.41, 5.74) is 0. The number of carbonyl (C=O) groups is 1.